The molecule has 3 rings (SSSR count). The number of hydrogen-bond donors (Lipinski definition) is 0. The molecular weight excluding hydrogens is 318 g/mol. The fraction of sp³-hybridized carbons (Fsp3) is 0.444. The number of amides is 1. The molecule has 0 bridgehead atoms. The molecule has 7 nitrogen and oxygen atoms in total. The van der Waals surface area contributed by atoms with Crippen LogP contribution in [0.3, 0.4) is 0 Å². The van der Waals surface area contributed by atoms with Crippen molar-refractivity contribution in [1.82, 2.24) is 24.8 Å². The highest BCUT2D eigenvalue weighted by Gasteiger charge is 2.22. The van der Waals surface area contributed by atoms with Crippen LogP contribution >= 0.6 is 0 Å². The number of nitrogens with zero attached hydrogens (tertiary/aromatic N) is 5. The quantitative estimate of drug-likeness (QED) is 0.689. The summed E-state index contributed by atoms with van der Waals surface area (Å²) in [7, 11) is 1.84. The van der Waals surface area contributed by atoms with Crippen LogP contribution in [0.15, 0.2) is 28.8 Å². The summed E-state index contributed by atoms with van der Waals surface area (Å²) in [5.74, 6) is 1.44. The molecule has 0 aliphatic heterocycles. The van der Waals surface area contributed by atoms with Gasteiger partial charge in [0.1, 0.15) is 0 Å². The van der Waals surface area contributed by atoms with Gasteiger partial charge >= 0.3 is 0 Å². The summed E-state index contributed by atoms with van der Waals surface area (Å²) in [6.07, 6.45) is 0.734. The summed E-state index contributed by atoms with van der Waals surface area (Å²) in [6.45, 7) is 6.97. The molecule has 0 radical (unpaired) electrons. The van der Waals surface area contributed by atoms with Crippen LogP contribution in [0.4, 0.5) is 0 Å². The smallest absolute Gasteiger partial charge is 0.275 e. The number of aromatic nitrogens is 4. The van der Waals surface area contributed by atoms with Crippen LogP contribution in [0.2, 0.25) is 0 Å². The normalized spacial score (nSPS) is 11.4. The molecule has 0 spiro atoms. The van der Waals surface area contributed by atoms with Crippen LogP contribution in [-0.2, 0) is 20.0 Å². The third kappa shape index (κ3) is 3.55. The lowest BCUT2D eigenvalue weighted by molar-refractivity contribution is 0.0742. The maximum absolute atomic E-state index is 13.0. The Balaban J connectivity index is 1.82. The van der Waals surface area contributed by atoms with Crippen molar-refractivity contribution in [3.05, 3.63) is 41.7 Å². The molecule has 2 aromatic heterocycles. The second kappa shape index (κ2) is 7.04. The minimum Gasteiger partial charge on any atom is -0.339 e. The Kier molecular flexibility index (Phi) is 4.83. The van der Waals surface area contributed by atoms with Gasteiger partial charge in [0.15, 0.2) is 11.5 Å². The number of carbonyl (C=O) groups is 1. The molecule has 0 aliphatic rings. The van der Waals surface area contributed by atoms with Crippen molar-refractivity contribution >= 4 is 16.8 Å². The van der Waals surface area contributed by atoms with Gasteiger partial charge in [-0.05, 0) is 18.9 Å². The number of benzene rings is 1. The summed E-state index contributed by atoms with van der Waals surface area (Å²) in [6, 6.07) is 7.71. The van der Waals surface area contributed by atoms with Gasteiger partial charge in [-0.25, -0.2) is 0 Å². The van der Waals surface area contributed by atoms with E-state index in [0.717, 1.165) is 17.3 Å². The first-order valence-electron chi connectivity index (χ1n) is 8.52. The summed E-state index contributed by atoms with van der Waals surface area (Å²) in [5.41, 5.74) is 1.38. The third-order valence-corrected chi connectivity index (χ3v) is 4.05. The zero-order valence-corrected chi connectivity index (χ0v) is 15.1. The lowest BCUT2D eigenvalue weighted by Crippen LogP contribution is -2.31. The number of carbonyl (C=O) groups excluding carboxylic acids is 1. The lowest BCUT2D eigenvalue weighted by Gasteiger charge is -2.17. The molecule has 0 N–H and O–H groups in total. The maximum atomic E-state index is 13.0. The predicted octanol–water partition coefficient (Wildman–Crippen LogP) is 2.82. The highest BCUT2D eigenvalue weighted by atomic mass is 16.5. The van der Waals surface area contributed by atoms with Crippen molar-refractivity contribution in [2.75, 3.05) is 6.54 Å². The first kappa shape index (κ1) is 17.1. The first-order valence-corrected chi connectivity index (χ1v) is 8.52. The van der Waals surface area contributed by atoms with Gasteiger partial charge < -0.3 is 9.42 Å². The average molecular weight is 341 g/mol. The Morgan fingerprint density at radius 1 is 1.32 bits per heavy atom. The fourth-order valence-corrected chi connectivity index (χ4v) is 2.81. The van der Waals surface area contributed by atoms with Gasteiger partial charge in [0.25, 0.3) is 5.91 Å². The SMILES string of the molecule is CCN(Cc1noc(CC(C)C)n1)C(=O)c1nn(C)c2ccccc12. The average Bonchev–Trinajstić information content (AvgIpc) is 3.16. The van der Waals surface area contributed by atoms with Crippen molar-refractivity contribution in [2.45, 2.75) is 33.7 Å². The highest BCUT2D eigenvalue weighted by Crippen LogP contribution is 2.19. The summed E-state index contributed by atoms with van der Waals surface area (Å²) >= 11 is 0. The predicted molar refractivity (Wildman–Crippen MR) is 94.0 cm³/mol. The molecule has 0 aliphatic carbocycles. The van der Waals surface area contributed by atoms with Crippen LogP contribution in [0.25, 0.3) is 10.9 Å². The molecule has 132 valence electrons. The summed E-state index contributed by atoms with van der Waals surface area (Å²) < 4.78 is 6.99. The van der Waals surface area contributed by atoms with E-state index in [2.05, 4.69) is 29.1 Å². The number of para-hydroxylation sites is 1. The van der Waals surface area contributed by atoms with Crippen LogP contribution in [0.1, 0.15) is 43.0 Å². The van der Waals surface area contributed by atoms with Gasteiger partial charge in [0, 0.05) is 25.4 Å². The Hall–Kier alpha value is -2.70. The lowest BCUT2D eigenvalue weighted by atomic mass is 10.1. The van der Waals surface area contributed by atoms with Crippen molar-refractivity contribution in [2.24, 2.45) is 13.0 Å². The largest absolute Gasteiger partial charge is 0.339 e. The van der Waals surface area contributed by atoms with Crippen LogP contribution in [0, 0.1) is 5.92 Å². The van der Waals surface area contributed by atoms with Crippen LogP contribution in [-0.4, -0.2) is 37.3 Å². The van der Waals surface area contributed by atoms with E-state index in [-0.39, 0.29) is 5.91 Å². The van der Waals surface area contributed by atoms with Gasteiger partial charge in [-0.3, -0.25) is 9.48 Å². The third-order valence-electron chi connectivity index (χ3n) is 4.05. The zero-order chi connectivity index (χ0) is 18.0. The second-order valence-corrected chi connectivity index (χ2v) is 6.51. The first-order chi connectivity index (χ1) is 12.0. The molecule has 0 saturated carbocycles. The van der Waals surface area contributed by atoms with E-state index in [1.807, 2.05) is 38.2 Å². The highest BCUT2D eigenvalue weighted by molar-refractivity contribution is 6.04. The number of fused-ring (bicyclic) bond motifs is 1. The molecule has 0 saturated heterocycles. The number of aryl methyl sites for hydroxylation is 1. The fourth-order valence-electron chi connectivity index (χ4n) is 2.81. The molecule has 1 amide bonds. The van der Waals surface area contributed by atoms with E-state index in [0.29, 0.717) is 36.4 Å². The van der Waals surface area contributed by atoms with Gasteiger partial charge in [0.05, 0.1) is 12.1 Å². The van der Waals surface area contributed by atoms with Crippen molar-refractivity contribution in [1.29, 1.82) is 0 Å². The van der Waals surface area contributed by atoms with Gasteiger partial charge in [-0.15, -0.1) is 0 Å². The van der Waals surface area contributed by atoms with Crippen LogP contribution in [0.5, 0.6) is 0 Å². The van der Waals surface area contributed by atoms with E-state index in [9.17, 15) is 4.79 Å². The monoisotopic (exact) mass is 341 g/mol. The van der Waals surface area contributed by atoms with Gasteiger partial charge in [0.2, 0.25) is 5.89 Å². The summed E-state index contributed by atoms with van der Waals surface area (Å²) in [5, 5.41) is 9.25. The van der Waals surface area contributed by atoms with E-state index in [1.165, 1.54) is 0 Å². The van der Waals surface area contributed by atoms with Crippen molar-refractivity contribution in [3.63, 3.8) is 0 Å². The van der Waals surface area contributed by atoms with Crippen LogP contribution < -0.4 is 0 Å². The zero-order valence-electron chi connectivity index (χ0n) is 15.1. The van der Waals surface area contributed by atoms with E-state index in [4.69, 9.17) is 4.52 Å². The van der Waals surface area contributed by atoms with E-state index < -0.39 is 0 Å². The maximum Gasteiger partial charge on any atom is 0.275 e. The molecule has 0 unspecified atom stereocenters. The van der Waals surface area contributed by atoms with E-state index >= 15 is 0 Å². The topological polar surface area (TPSA) is 77.1 Å². The molecule has 0 fully saturated rings. The summed E-state index contributed by atoms with van der Waals surface area (Å²) in [4.78, 5) is 19.0. The molecule has 1 aromatic carbocycles. The van der Waals surface area contributed by atoms with E-state index in [1.54, 1.807) is 9.58 Å². The second-order valence-electron chi connectivity index (χ2n) is 6.51. The molecule has 25 heavy (non-hydrogen) atoms. The molecule has 3 aromatic rings. The van der Waals surface area contributed by atoms with Crippen molar-refractivity contribution in [3.8, 4) is 0 Å². The Morgan fingerprint density at radius 2 is 2.08 bits per heavy atom. The Morgan fingerprint density at radius 3 is 2.80 bits per heavy atom. The number of rotatable bonds is 6. The molecule has 0 atom stereocenters. The van der Waals surface area contributed by atoms with Gasteiger partial charge in [-0.1, -0.05) is 37.2 Å². The minimum absolute atomic E-state index is 0.130. The minimum atomic E-state index is -0.130. The van der Waals surface area contributed by atoms with Gasteiger partial charge in [-0.2, -0.15) is 10.1 Å². The molecule has 2 heterocycles. The van der Waals surface area contributed by atoms with Crippen molar-refractivity contribution < 1.29 is 9.32 Å². The Bertz CT molecular complexity index is 881. The Labute approximate surface area is 146 Å². The number of hydrogen-bond acceptors (Lipinski definition) is 5. The standard InChI is InChI=1S/C18H23N5O2/c1-5-23(11-15-19-16(25-21-15)10-12(2)3)18(24)17-13-8-6-7-9-14(13)22(4)20-17/h6-9,12H,5,10-11H2,1-4H3. The molecular formula is C18H23N5O2. The molecule has 7 heteroatoms.